The molecule has 0 atom stereocenters. The molecule has 0 spiro atoms. The fraction of sp³-hybridized carbons (Fsp3) is 0.409. The Morgan fingerprint density at radius 1 is 1.03 bits per heavy atom. The first-order chi connectivity index (χ1) is 15.2. The molecule has 0 unspecified atom stereocenters. The Morgan fingerprint density at radius 3 is 2.21 bits per heavy atom. The van der Waals surface area contributed by atoms with Crippen molar-refractivity contribution < 1.29 is 35.9 Å². The monoisotopic (exact) mass is 488 g/mol. The average Bonchev–Trinajstić information content (AvgIpc) is 2.76. The van der Waals surface area contributed by atoms with Gasteiger partial charge in [-0.1, -0.05) is 13.0 Å². The third-order valence-corrected chi connectivity index (χ3v) is 6.82. The first-order valence-corrected chi connectivity index (χ1v) is 11.4. The highest BCUT2D eigenvalue weighted by molar-refractivity contribution is 7.92. The Hall–Kier alpha value is -2.95. The van der Waals surface area contributed by atoms with Gasteiger partial charge in [-0.05, 0) is 50.6 Å². The standard InChI is InChI=1S/C22H27F3N2O5S/c1-6-21(2,3)26-20(28)14-27(16-9-7-8-15(12-16)22(23,24)25)33(29,30)17-10-11-18(31-4)19(13-17)32-5/h7-13H,6,14H2,1-5H3,(H,26,28). The maximum Gasteiger partial charge on any atom is 0.416 e. The third-order valence-electron chi connectivity index (χ3n) is 5.05. The quantitative estimate of drug-likeness (QED) is 0.571. The Kier molecular flexibility index (Phi) is 7.89. The van der Waals surface area contributed by atoms with Crippen LogP contribution in [0.4, 0.5) is 18.9 Å². The van der Waals surface area contributed by atoms with Crippen LogP contribution >= 0.6 is 0 Å². The van der Waals surface area contributed by atoms with Crippen LogP contribution in [-0.2, 0) is 21.0 Å². The minimum absolute atomic E-state index is 0.110. The van der Waals surface area contributed by atoms with E-state index < -0.39 is 39.8 Å². The van der Waals surface area contributed by atoms with Gasteiger partial charge in [0.05, 0.1) is 30.4 Å². The van der Waals surface area contributed by atoms with E-state index in [9.17, 15) is 26.4 Å². The third kappa shape index (κ3) is 6.31. The van der Waals surface area contributed by atoms with E-state index in [1.54, 1.807) is 13.8 Å². The van der Waals surface area contributed by atoms with Crippen molar-refractivity contribution in [1.29, 1.82) is 0 Å². The van der Waals surface area contributed by atoms with Crippen LogP contribution in [0.25, 0.3) is 0 Å². The molecule has 2 aromatic carbocycles. The number of hydrogen-bond acceptors (Lipinski definition) is 5. The molecule has 0 saturated carbocycles. The van der Waals surface area contributed by atoms with Crippen LogP contribution < -0.4 is 19.1 Å². The number of carbonyl (C=O) groups excluding carboxylic acids is 1. The number of methoxy groups -OCH3 is 2. The van der Waals surface area contributed by atoms with Gasteiger partial charge in [0.25, 0.3) is 10.0 Å². The molecule has 0 fully saturated rings. The van der Waals surface area contributed by atoms with Gasteiger partial charge in [-0.15, -0.1) is 0 Å². The number of sulfonamides is 1. The molecule has 0 bridgehead atoms. The van der Waals surface area contributed by atoms with E-state index in [0.717, 1.165) is 12.1 Å². The predicted octanol–water partition coefficient (Wildman–Crippen LogP) is 4.22. The second kappa shape index (κ2) is 9.90. The lowest BCUT2D eigenvalue weighted by molar-refractivity contribution is -0.137. The van der Waals surface area contributed by atoms with E-state index in [1.807, 2.05) is 6.92 Å². The fourth-order valence-corrected chi connectivity index (χ4v) is 4.32. The maximum absolute atomic E-state index is 13.5. The zero-order chi connectivity index (χ0) is 25.0. The van der Waals surface area contributed by atoms with Gasteiger partial charge in [-0.25, -0.2) is 8.42 Å². The second-order valence-corrected chi connectivity index (χ2v) is 9.72. The molecule has 0 heterocycles. The predicted molar refractivity (Wildman–Crippen MR) is 118 cm³/mol. The summed E-state index contributed by atoms with van der Waals surface area (Å²) >= 11 is 0. The van der Waals surface area contributed by atoms with Gasteiger partial charge in [-0.3, -0.25) is 9.10 Å². The van der Waals surface area contributed by atoms with Crippen molar-refractivity contribution in [3.05, 3.63) is 48.0 Å². The van der Waals surface area contributed by atoms with Crippen molar-refractivity contribution in [3.63, 3.8) is 0 Å². The van der Waals surface area contributed by atoms with Crippen molar-refractivity contribution in [2.45, 2.75) is 43.8 Å². The molecule has 1 amide bonds. The number of hydrogen-bond donors (Lipinski definition) is 1. The molecular formula is C22H27F3N2O5S. The van der Waals surface area contributed by atoms with Gasteiger partial charge in [0, 0.05) is 11.6 Å². The Balaban J connectivity index is 2.60. The van der Waals surface area contributed by atoms with E-state index in [1.165, 1.54) is 38.5 Å². The molecule has 0 radical (unpaired) electrons. The molecule has 0 aliphatic heterocycles. The highest BCUT2D eigenvalue weighted by atomic mass is 32.2. The topological polar surface area (TPSA) is 84.9 Å². The van der Waals surface area contributed by atoms with Crippen LogP contribution in [0.5, 0.6) is 11.5 Å². The molecule has 2 aromatic rings. The number of ether oxygens (including phenoxy) is 2. The van der Waals surface area contributed by atoms with Crippen LogP contribution in [0.1, 0.15) is 32.8 Å². The van der Waals surface area contributed by atoms with Crippen LogP contribution in [0.15, 0.2) is 47.4 Å². The van der Waals surface area contributed by atoms with Crippen LogP contribution in [0.3, 0.4) is 0 Å². The van der Waals surface area contributed by atoms with Gasteiger partial charge in [0.15, 0.2) is 11.5 Å². The molecule has 0 aliphatic carbocycles. The highest BCUT2D eigenvalue weighted by Gasteiger charge is 2.34. The van der Waals surface area contributed by atoms with Crippen molar-refractivity contribution in [2.24, 2.45) is 0 Å². The van der Waals surface area contributed by atoms with Crippen molar-refractivity contribution in [1.82, 2.24) is 5.32 Å². The fourth-order valence-electron chi connectivity index (χ4n) is 2.89. The van der Waals surface area contributed by atoms with E-state index in [0.29, 0.717) is 16.8 Å². The molecule has 1 N–H and O–H groups in total. The lowest BCUT2D eigenvalue weighted by Gasteiger charge is -2.29. The summed E-state index contributed by atoms with van der Waals surface area (Å²) in [6.45, 7) is 4.62. The molecule has 11 heteroatoms. The van der Waals surface area contributed by atoms with E-state index in [4.69, 9.17) is 9.47 Å². The minimum Gasteiger partial charge on any atom is -0.493 e. The first kappa shape index (κ1) is 26.3. The van der Waals surface area contributed by atoms with Gasteiger partial charge in [0.2, 0.25) is 5.91 Å². The van der Waals surface area contributed by atoms with Gasteiger partial charge in [0.1, 0.15) is 6.54 Å². The number of nitrogens with one attached hydrogen (secondary N) is 1. The smallest absolute Gasteiger partial charge is 0.416 e. The second-order valence-electron chi connectivity index (χ2n) is 7.86. The summed E-state index contributed by atoms with van der Waals surface area (Å²) in [7, 11) is -1.77. The first-order valence-electron chi connectivity index (χ1n) is 9.98. The number of halogens is 3. The number of nitrogens with zero attached hydrogens (tertiary/aromatic N) is 1. The number of alkyl halides is 3. The van der Waals surface area contributed by atoms with E-state index >= 15 is 0 Å². The molecule has 182 valence electrons. The van der Waals surface area contributed by atoms with Crippen molar-refractivity contribution >= 4 is 21.6 Å². The molecule has 0 saturated heterocycles. The highest BCUT2D eigenvalue weighted by Crippen LogP contribution is 2.35. The Bertz CT molecular complexity index is 1100. The van der Waals surface area contributed by atoms with Gasteiger partial charge >= 0.3 is 6.18 Å². The zero-order valence-corrected chi connectivity index (χ0v) is 19.8. The zero-order valence-electron chi connectivity index (χ0n) is 19.0. The summed E-state index contributed by atoms with van der Waals surface area (Å²) in [6, 6.07) is 7.57. The summed E-state index contributed by atoms with van der Waals surface area (Å²) < 4.78 is 77.8. The van der Waals surface area contributed by atoms with Gasteiger partial charge < -0.3 is 14.8 Å². The van der Waals surface area contributed by atoms with Gasteiger partial charge in [-0.2, -0.15) is 13.2 Å². The lowest BCUT2D eigenvalue weighted by Crippen LogP contribution is -2.48. The normalized spacial score (nSPS) is 12.2. The number of rotatable bonds is 9. The SMILES string of the molecule is CCC(C)(C)NC(=O)CN(c1cccc(C(F)(F)F)c1)S(=O)(=O)c1ccc(OC)c(OC)c1. The lowest BCUT2D eigenvalue weighted by atomic mass is 10.0. The molecular weight excluding hydrogens is 461 g/mol. The molecule has 33 heavy (non-hydrogen) atoms. The van der Waals surface area contributed by atoms with E-state index in [2.05, 4.69) is 5.32 Å². The Labute approximate surface area is 191 Å². The molecule has 2 rings (SSSR count). The number of carbonyl (C=O) groups is 1. The average molecular weight is 489 g/mol. The summed E-state index contributed by atoms with van der Waals surface area (Å²) in [5.41, 5.74) is -1.98. The molecule has 0 aliphatic rings. The number of anilines is 1. The Morgan fingerprint density at radius 2 is 1.67 bits per heavy atom. The van der Waals surface area contributed by atoms with Crippen LogP contribution in [0.2, 0.25) is 0 Å². The van der Waals surface area contributed by atoms with Crippen molar-refractivity contribution in [2.75, 3.05) is 25.1 Å². The molecule has 7 nitrogen and oxygen atoms in total. The van der Waals surface area contributed by atoms with Crippen molar-refractivity contribution in [3.8, 4) is 11.5 Å². The summed E-state index contributed by atoms with van der Waals surface area (Å²) in [4.78, 5) is 12.4. The number of benzene rings is 2. The van der Waals surface area contributed by atoms with E-state index in [-0.39, 0.29) is 22.1 Å². The van der Waals surface area contributed by atoms with Crippen LogP contribution in [-0.4, -0.2) is 40.6 Å². The number of amides is 1. The minimum atomic E-state index is -4.69. The molecule has 0 aromatic heterocycles. The maximum atomic E-state index is 13.5. The summed E-state index contributed by atoms with van der Waals surface area (Å²) in [6.07, 6.45) is -4.13. The summed E-state index contributed by atoms with van der Waals surface area (Å²) in [5, 5.41) is 2.70. The summed E-state index contributed by atoms with van der Waals surface area (Å²) in [5.74, 6) is -0.285. The largest absolute Gasteiger partial charge is 0.493 e. The van der Waals surface area contributed by atoms with Crippen LogP contribution in [0, 0.1) is 0 Å².